The predicted molar refractivity (Wildman–Crippen MR) is 82.4 cm³/mol. The average Bonchev–Trinajstić information content (AvgIpc) is 2.16. The third-order valence-corrected chi connectivity index (χ3v) is 4.46. The summed E-state index contributed by atoms with van der Waals surface area (Å²) in [6.07, 6.45) is 3.85. The van der Waals surface area contributed by atoms with Gasteiger partial charge in [0.15, 0.2) is 0 Å². The molecule has 0 aliphatic rings. The lowest BCUT2D eigenvalue weighted by Crippen LogP contribution is -1.94. The fourth-order valence-corrected chi connectivity index (χ4v) is 3.27. The van der Waals surface area contributed by atoms with E-state index in [2.05, 4.69) is 47.8 Å². The Morgan fingerprint density at radius 2 is 2.19 bits per heavy atom. The van der Waals surface area contributed by atoms with Crippen LogP contribution in [0.1, 0.15) is 0 Å². The molecule has 1 nitrogen and oxygen atoms in total. The molecule has 0 radical (unpaired) electrons. The van der Waals surface area contributed by atoms with Crippen molar-refractivity contribution in [2.24, 2.45) is 0 Å². The fraction of sp³-hybridized carbons (Fsp3) is 0.200. The van der Waals surface area contributed by atoms with Gasteiger partial charge < -0.3 is 4.74 Å². The Hall–Kier alpha value is 0.840. The molecule has 0 bridgehead atoms. The van der Waals surface area contributed by atoms with Crippen LogP contribution < -0.4 is 4.74 Å². The predicted octanol–water partition coefficient (Wildman–Crippen LogP) is 5.83. The van der Waals surface area contributed by atoms with Gasteiger partial charge in [0.2, 0.25) is 0 Å². The summed E-state index contributed by atoms with van der Waals surface area (Å²) in [4.78, 5) is 1.02. The molecular weight excluding hydrogens is 443 g/mol. The van der Waals surface area contributed by atoms with Crippen LogP contribution in [0.4, 0.5) is 0 Å². The minimum Gasteiger partial charge on any atom is -0.489 e. The van der Waals surface area contributed by atoms with Gasteiger partial charge in [-0.05, 0) is 72.3 Å². The summed E-state index contributed by atoms with van der Waals surface area (Å²) < 4.78 is 7.33. The molecule has 0 amide bonds. The van der Waals surface area contributed by atoms with E-state index in [1.807, 2.05) is 24.5 Å². The van der Waals surface area contributed by atoms with E-state index >= 15 is 0 Å². The van der Waals surface area contributed by atoms with Crippen molar-refractivity contribution in [1.29, 1.82) is 0 Å². The van der Waals surface area contributed by atoms with E-state index in [9.17, 15) is 0 Å². The molecule has 0 aliphatic carbocycles. The van der Waals surface area contributed by atoms with Crippen molar-refractivity contribution >= 4 is 71.2 Å². The van der Waals surface area contributed by atoms with Crippen molar-refractivity contribution in [2.75, 3.05) is 12.9 Å². The molecule has 1 aromatic carbocycles. The lowest BCUT2D eigenvalue weighted by Gasteiger charge is -2.08. The van der Waals surface area contributed by atoms with Gasteiger partial charge in [0, 0.05) is 9.37 Å². The van der Waals surface area contributed by atoms with Gasteiger partial charge in [0.1, 0.15) is 12.4 Å². The summed E-state index contributed by atoms with van der Waals surface area (Å²) in [6.45, 7) is 0.479. The molecule has 1 aromatic rings. The first-order valence-electron chi connectivity index (χ1n) is 4.21. The van der Waals surface area contributed by atoms with Crippen LogP contribution in [-0.2, 0) is 0 Å². The second kappa shape index (κ2) is 7.31. The van der Waals surface area contributed by atoms with Crippen LogP contribution in [0.15, 0.2) is 31.0 Å². The van der Waals surface area contributed by atoms with Crippen LogP contribution in [0.3, 0.4) is 0 Å². The maximum Gasteiger partial charge on any atom is 0.122 e. The van der Waals surface area contributed by atoms with Crippen molar-refractivity contribution in [2.45, 2.75) is 4.90 Å². The summed E-state index contributed by atoms with van der Waals surface area (Å²) in [6, 6.07) is 3.72. The van der Waals surface area contributed by atoms with Crippen LogP contribution in [0.2, 0.25) is 5.02 Å². The molecule has 0 aromatic heterocycles. The molecule has 0 saturated carbocycles. The Balaban J connectivity index is 2.80. The van der Waals surface area contributed by atoms with Gasteiger partial charge in [0.25, 0.3) is 0 Å². The number of halogens is 4. The van der Waals surface area contributed by atoms with Gasteiger partial charge >= 0.3 is 0 Å². The normalized spacial score (nSPS) is 10.1. The Bertz CT molecular complexity index is 382. The first-order chi connectivity index (χ1) is 7.54. The Morgan fingerprint density at radius 3 is 2.69 bits per heavy atom. The maximum atomic E-state index is 6.11. The highest BCUT2D eigenvalue weighted by atomic mass is 79.9. The van der Waals surface area contributed by atoms with E-state index < -0.39 is 0 Å². The average molecular weight is 451 g/mol. The molecule has 0 atom stereocenters. The molecule has 88 valence electrons. The molecule has 0 spiro atoms. The van der Waals surface area contributed by atoms with Gasteiger partial charge in [-0.25, -0.2) is 0 Å². The van der Waals surface area contributed by atoms with Crippen molar-refractivity contribution < 1.29 is 4.74 Å². The molecule has 0 unspecified atom stereocenters. The first kappa shape index (κ1) is 14.9. The van der Waals surface area contributed by atoms with Crippen LogP contribution >= 0.6 is 71.2 Å². The van der Waals surface area contributed by atoms with Crippen LogP contribution in [0.25, 0.3) is 0 Å². The molecule has 16 heavy (non-hydrogen) atoms. The molecule has 0 N–H and O–H groups in total. The Labute approximate surface area is 129 Å². The molecule has 0 aliphatic heterocycles. The number of hydrogen-bond donors (Lipinski definition) is 0. The Kier molecular flexibility index (Phi) is 6.81. The zero-order valence-electron chi connectivity index (χ0n) is 8.27. The largest absolute Gasteiger partial charge is 0.489 e. The zero-order chi connectivity index (χ0) is 12.1. The number of rotatable bonds is 4. The minimum atomic E-state index is 0.479. The smallest absolute Gasteiger partial charge is 0.122 e. The quantitative estimate of drug-likeness (QED) is 0.533. The molecule has 0 heterocycles. The van der Waals surface area contributed by atoms with E-state index in [0.717, 1.165) is 18.5 Å². The number of ether oxygens (including phenoxy) is 1. The number of benzene rings is 1. The van der Waals surface area contributed by atoms with Crippen LogP contribution in [0.5, 0.6) is 5.75 Å². The molecule has 0 fully saturated rings. The summed E-state index contributed by atoms with van der Waals surface area (Å²) >= 11 is 17.7. The highest BCUT2D eigenvalue weighted by Gasteiger charge is 2.07. The standard InChI is InChI=1S/C10H8Br3ClOS/c1-16-10-7(11)4-6(5-8(10)14)15-3-2-9(12)13/h2,4-5H,3H2,1H3. The number of hydrogen-bond acceptors (Lipinski definition) is 2. The van der Waals surface area contributed by atoms with Gasteiger partial charge in [-0.15, -0.1) is 11.8 Å². The van der Waals surface area contributed by atoms with Gasteiger partial charge in [-0.3, -0.25) is 0 Å². The summed E-state index contributed by atoms with van der Waals surface area (Å²) in [5.74, 6) is 0.743. The molecule has 1 rings (SSSR count). The van der Waals surface area contributed by atoms with Crippen LogP contribution in [0, 0.1) is 0 Å². The first-order valence-corrected chi connectivity index (χ1v) is 8.19. The van der Waals surface area contributed by atoms with E-state index in [0.29, 0.717) is 11.6 Å². The Morgan fingerprint density at radius 1 is 1.50 bits per heavy atom. The van der Waals surface area contributed by atoms with Crippen molar-refractivity contribution in [3.63, 3.8) is 0 Å². The van der Waals surface area contributed by atoms with Crippen molar-refractivity contribution in [3.8, 4) is 5.75 Å². The maximum absolute atomic E-state index is 6.11. The number of thioether (sulfide) groups is 1. The lowest BCUT2D eigenvalue weighted by molar-refractivity contribution is 0.362. The monoisotopic (exact) mass is 448 g/mol. The van der Waals surface area contributed by atoms with Gasteiger partial charge in [-0.1, -0.05) is 11.6 Å². The zero-order valence-corrected chi connectivity index (χ0v) is 14.6. The van der Waals surface area contributed by atoms with Gasteiger partial charge in [-0.2, -0.15) is 0 Å². The van der Waals surface area contributed by atoms with Crippen molar-refractivity contribution in [1.82, 2.24) is 0 Å². The fourth-order valence-electron chi connectivity index (χ4n) is 1.02. The van der Waals surface area contributed by atoms with E-state index in [1.165, 1.54) is 0 Å². The second-order valence-electron chi connectivity index (χ2n) is 2.72. The summed E-state index contributed by atoms with van der Waals surface area (Å²) in [5.41, 5.74) is 0. The minimum absolute atomic E-state index is 0.479. The van der Waals surface area contributed by atoms with E-state index in [-0.39, 0.29) is 0 Å². The molecule has 0 saturated heterocycles. The van der Waals surface area contributed by atoms with Crippen LogP contribution in [-0.4, -0.2) is 12.9 Å². The highest BCUT2D eigenvalue weighted by Crippen LogP contribution is 2.36. The summed E-state index contributed by atoms with van der Waals surface area (Å²) in [7, 11) is 0. The van der Waals surface area contributed by atoms with Gasteiger partial charge in [0.05, 0.1) is 8.41 Å². The third-order valence-electron chi connectivity index (χ3n) is 1.66. The summed E-state index contributed by atoms with van der Waals surface area (Å²) in [5, 5.41) is 0.693. The van der Waals surface area contributed by atoms with E-state index in [1.54, 1.807) is 11.8 Å². The molecular formula is C10H8Br3ClOS. The second-order valence-corrected chi connectivity index (χ2v) is 7.58. The topological polar surface area (TPSA) is 9.23 Å². The third kappa shape index (κ3) is 4.61. The SMILES string of the molecule is CSc1c(Cl)cc(OCC=C(Br)Br)cc1Br. The molecule has 6 heteroatoms. The van der Waals surface area contributed by atoms with Crippen molar-refractivity contribution in [3.05, 3.63) is 31.1 Å². The highest BCUT2D eigenvalue weighted by molar-refractivity contribution is 9.28. The lowest BCUT2D eigenvalue weighted by atomic mass is 10.3. The van der Waals surface area contributed by atoms with E-state index in [4.69, 9.17) is 16.3 Å².